The highest BCUT2D eigenvalue weighted by Gasteiger charge is 2.36. The maximum Gasteiger partial charge on any atom is 0.337 e. The van der Waals surface area contributed by atoms with Crippen LogP contribution in [0.15, 0.2) is 53.7 Å². The number of carbonyl (C=O) groups excluding carboxylic acids is 3. The van der Waals surface area contributed by atoms with Crippen molar-refractivity contribution in [1.82, 2.24) is 0 Å². The normalized spacial score (nSPS) is 14.4. The minimum Gasteiger partial charge on any atom is -0.465 e. The Morgan fingerprint density at radius 3 is 2.35 bits per heavy atom. The summed E-state index contributed by atoms with van der Waals surface area (Å²) in [6, 6.07) is 13.7. The van der Waals surface area contributed by atoms with E-state index in [0.29, 0.717) is 16.8 Å². The number of carbonyl (C=O) groups is 3. The lowest BCUT2D eigenvalue weighted by atomic mass is 10.1. The first kappa shape index (κ1) is 22.0. The van der Waals surface area contributed by atoms with Crippen LogP contribution in [0, 0.1) is 0 Å². The van der Waals surface area contributed by atoms with Gasteiger partial charge in [0, 0.05) is 5.56 Å². The van der Waals surface area contributed by atoms with E-state index >= 15 is 0 Å². The lowest BCUT2D eigenvalue weighted by Crippen LogP contribution is -2.38. The molecule has 0 atom stereocenters. The van der Waals surface area contributed by atoms with Gasteiger partial charge in [-0.25, -0.2) is 4.79 Å². The molecule has 0 radical (unpaired) electrons. The van der Waals surface area contributed by atoms with E-state index < -0.39 is 23.4 Å². The van der Waals surface area contributed by atoms with Crippen LogP contribution in [0.1, 0.15) is 42.3 Å². The van der Waals surface area contributed by atoms with Crippen molar-refractivity contribution >= 4 is 29.2 Å². The van der Waals surface area contributed by atoms with Crippen molar-refractivity contribution < 1.29 is 28.7 Å². The van der Waals surface area contributed by atoms with Gasteiger partial charge in [-0.15, -0.1) is 0 Å². The number of nitrogens with zero attached hydrogens (tertiary/aromatic N) is 2. The molecule has 8 nitrogen and oxygen atoms in total. The van der Waals surface area contributed by atoms with E-state index in [0.717, 1.165) is 5.56 Å². The number of benzene rings is 2. The summed E-state index contributed by atoms with van der Waals surface area (Å²) >= 11 is 0. The van der Waals surface area contributed by atoms with Crippen molar-refractivity contribution in [2.24, 2.45) is 5.16 Å². The second-order valence-corrected chi connectivity index (χ2v) is 7.90. The Morgan fingerprint density at radius 2 is 1.71 bits per heavy atom. The van der Waals surface area contributed by atoms with Gasteiger partial charge in [0.05, 0.1) is 18.4 Å². The third kappa shape index (κ3) is 5.28. The quantitative estimate of drug-likeness (QED) is 0.523. The fourth-order valence-corrected chi connectivity index (χ4v) is 3.04. The SMILES string of the molecule is COC(=O)c1ccc(CO/N=C2/C(=O)N(CC(=O)OC(C)(C)C)c3ccccc32)cc1. The van der Waals surface area contributed by atoms with Gasteiger partial charge in [0.1, 0.15) is 18.8 Å². The highest BCUT2D eigenvalue weighted by atomic mass is 16.6. The molecule has 1 heterocycles. The molecular weight excluding hydrogens is 400 g/mol. The highest BCUT2D eigenvalue weighted by molar-refractivity contribution is 6.54. The van der Waals surface area contributed by atoms with Crippen LogP contribution in [-0.4, -0.2) is 42.8 Å². The molecular formula is C23H24N2O6. The zero-order valence-electron chi connectivity index (χ0n) is 17.9. The van der Waals surface area contributed by atoms with Crippen molar-refractivity contribution in [3.63, 3.8) is 0 Å². The maximum absolute atomic E-state index is 12.9. The van der Waals surface area contributed by atoms with Gasteiger partial charge >= 0.3 is 11.9 Å². The van der Waals surface area contributed by atoms with E-state index in [1.54, 1.807) is 69.3 Å². The number of methoxy groups -OCH3 is 1. The second-order valence-electron chi connectivity index (χ2n) is 7.90. The van der Waals surface area contributed by atoms with Crippen LogP contribution in [0.4, 0.5) is 5.69 Å². The van der Waals surface area contributed by atoms with Crippen molar-refractivity contribution in [2.45, 2.75) is 33.0 Å². The van der Waals surface area contributed by atoms with Crippen molar-refractivity contribution in [3.8, 4) is 0 Å². The molecule has 31 heavy (non-hydrogen) atoms. The average molecular weight is 424 g/mol. The molecule has 0 bridgehead atoms. The van der Waals surface area contributed by atoms with Gasteiger partial charge in [0.25, 0.3) is 5.91 Å². The number of fused-ring (bicyclic) bond motifs is 1. The van der Waals surface area contributed by atoms with E-state index in [2.05, 4.69) is 9.89 Å². The molecule has 1 aliphatic rings. The molecule has 0 N–H and O–H groups in total. The molecule has 8 heteroatoms. The molecule has 2 aromatic carbocycles. The fraction of sp³-hybridized carbons (Fsp3) is 0.304. The Morgan fingerprint density at radius 1 is 1.03 bits per heavy atom. The summed E-state index contributed by atoms with van der Waals surface area (Å²) in [6.07, 6.45) is 0. The van der Waals surface area contributed by atoms with Crippen LogP contribution in [0.25, 0.3) is 0 Å². The molecule has 1 amide bonds. The van der Waals surface area contributed by atoms with Crippen LogP contribution in [0.2, 0.25) is 0 Å². The molecule has 3 rings (SSSR count). The van der Waals surface area contributed by atoms with Crippen LogP contribution < -0.4 is 4.90 Å². The molecule has 2 aromatic rings. The second kappa shape index (κ2) is 8.99. The lowest BCUT2D eigenvalue weighted by molar-refractivity contribution is -0.153. The van der Waals surface area contributed by atoms with Crippen LogP contribution >= 0.6 is 0 Å². The minimum atomic E-state index is -0.650. The molecule has 0 unspecified atom stereocenters. The van der Waals surface area contributed by atoms with E-state index in [-0.39, 0.29) is 18.9 Å². The Balaban J connectivity index is 1.72. The first-order valence-corrected chi connectivity index (χ1v) is 9.70. The number of rotatable bonds is 6. The number of hydrogen-bond acceptors (Lipinski definition) is 7. The number of ether oxygens (including phenoxy) is 2. The molecule has 162 valence electrons. The summed E-state index contributed by atoms with van der Waals surface area (Å²) in [5.74, 6) is -1.37. The monoisotopic (exact) mass is 424 g/mol. The van der Waals surface area contributed by atoms with Crippen molar-refractivity contribution in [1.29, 1.82) is 0 Å². The highest BCUT2D eigenvalue weighted by Crippen LogP contribution is 2.29. The summed E-state index contributed by atoms with van der Waals surface area (Å²) in [5, 5.41) is 4.03. The Bertz CT molecular complexity index is 1020. The zero-order chi connectivity index (χ0) is 22.6. The van der Waals surface area contributed by atoms with Gasteiger partial charge in [-0.3, -0.25) is 14.5 Å². The molecule has 0 aromatic heterocycles. The van der Waals surface area contributed by atoms with Crippen LogP contribution in [0.5, 0.6) is 0 Å². The van der Waals surface area contributed by atoms with E-state index in [9.17, 15) is 14.4 Å². The van der Waals surface area contributed by atoms with Gasteiger partial charge in [-0.05, 0) is 44.5 Å². The maximum atomic E-state index is 12.9. The van der Waals surface area contributed by atoms with Gasteiger partial charge in [0.15, 0.2) is 5.71 Å². The third-order valence-corrected chi connectivity index (χ3v) is 4.37. The number of oxime groups is 1. The summed E-state index contributed by atoms with van der Waals surface area (Å²) in [7, 11) is 1.32. The number of amides is 1. The third-order valence-electron chi connectivity index (χ3n) is 4.37. The van der Waals surface area contributed by atoms with E-state index in [4.69, 9.17) is 9.57 Å². The summed E-state index contributed by atoms with van der Waals surface area (Å²) in [4.78, 5) is 43.4. The minimum absolute atomic E-state index is 0.104. The standard InChI is InChI=1S/C23H24N2O6/c1-23(2,3)31-19(26)13-25-18-8-6-5-7-17(18)20(21(25)27)24-30-14-15-9-11-16(12-10-15)22(28)29-4/h5-12H,13-14H2,1-4H3/b24-20+. The Hall–Kier alpha value is -3.68. The summed E-state index contributed by atoms with van der Waals surface area (Å²) in [6.45, 7) is 5.18. The zero-order valence-corrected chi connectivity index (χ0v) is 17.9. The predicted molar refractivity (Wildman–Crippen MR) is 114 cm³/mol. The number of hydrogen-bond donors (Lipinski definition) is 0. The van der Waals surface area contributed by atoms with Crippen LogP contribution in [-0.2, 0) is 30.5 Å². The van der Waals surface area contributed by atoms with Crippen molar-refractivity contribution in [2.75, 3.05) is 18.6 Å². The van der Waals surface area contributed by atoms with Gasteiger partial charge in [-0.1, -0.05) is 35.5 Å². The van der Waals surface area contributed by atoms with E-state index in [1.807, 2.05) is 0 Å². The summed E-state index contributed by atoms with van der Waals surface area (Å²) in [5.41, 5.74) is 1.81. The topological polar surface area (TPSA) is 94.5 Å². The first-order valence-electron chi connectivity index (χ1n) is 9.70. The molecule has 0 spiro atoms. The lowest BCUT2D eigenvalue weighted by Gasteiger charge is -2.22. The van der Waals surface area contributed by atoms with Gasteiger partial charge in [-0.2, -0.15) is 0 Å². The molecule has 0 saturated heterocycles. The van der Waals surface area contributed by atoms with Crippen molar-refractivity contribution in [3.05, 3.63) is 65.2 Å². The Labute approximate surface area is 180 Å². The van der Waals surface area contributed by atoms with Gasteiger partial charge < -0.3 is 14.3 Å². The fourth-order valence-electron chi connectivity index (χ4n) is 3.04. The van der Waals surface area contributed by atoms with E-state index in [1.165, 1.54) is 12.0 Å². The smallest absolute Gasteiger partial charge is 0.337 e. The van der Waals surface area contributed by atoms with Crippen LogP contribution in [0.3, 0.4) is 0 Å². The average Bonchev–Trinajstić information content (AvgIpc) is 2.98. The van der Waals surface area contributed by atoms with Gasteiger partial charge in [0.2, 0.25) is 0 Å². The molecule has 0 fully saturated rings. The number of esters is 2. The molecule has 0 saturated carbocycles. The summed E-state index contributed by atoms with van der Waals surface area (Å²) < 4.78 is 10.0. The largest absolute Gasteiger partial charge is 0.465 e. The predicted octanol–water partition coefficient (Wildman–Crippen LogP) is 3.08. The number of anilines is 1. The first-order chi connectivity index (χ1) is 14.7. The Kier molecular flexibility index (Phi) is 6.39. The molecule has 1 aliphatic heterocycles. The molecule has 0 aliphatic carbocycles. The number of para-hydroxylation sites is 1.